The molecule has 21 heavy (non-hydrogen) atoms. The molecule has 9 nitrogen and oxygen atoms in total. The smallest absolute Gasteiger partial charge is 0.207 e. The van der Waals surface area contributed by atoms with E-state index in [4.69, 9.17) is 15.7 Å². The number of hydrogen-bond acceptors (Lipinski definition) is 8. The summed E-state index contributed by atoms with van der Waals surface area (Å²) in [7, 11) is 0. The van der Waals surface area contributed by atoms with Crippen molar-refractivity contribution >= 4 is 11.6 Å². The largest absolute Gasteiger partial charge is 0.392 e. The Balaban J connectivity index is 2.04. The van der Waals surface area contributed by atoms with Crippen molar-refractivity contribution in [1.29, 1.82) is 5.26 Å². The molecule has 0 saturated carbocycles. The summed E-state index contributed by atoms with van der Waals surface area (Å²) in [4.78, 5) is 7.84. The molecule has 5 N–H and O–H groups in total. The van der Waals surface area contributed by atoms with Crippen LogP contribution in [0.4, 0.5) is 5.95 Å². The van der Waals surface area contributed by atoms with Gasteiger partial charge in [-0.25, -0.2) is 9.97 Å². The average Bonchev–Trinajstić information content (AvgIpc) is 3.02. The highest BCUT2D eigenvalue weighted by Crippen LogP contribution is 2.40. The minimum atomic E-state index is -1.85. The Morgan fingerprint density at radius 3 is 2.81 bits per heavy atom. The molecule has 110 valence electrons. The molecule has 0 aliphatic carbocycles. The summed E-state index contributed by atoms with van der Waals surface area (Å²) >= 11 is 0. The number of nitrogens with two attached hydrogens (primary N) is 1. The van der Waals surface area contributed by atoms with E-state index >= 15 is 0 Å². The van der Waals surface area contributed by atoms with Crippen LogP contribution in [0.25, 0.3) is 5.65 Å². The van der Waals surface area contributed by atoms with E-state index in [9.17, 15) is 15.3 Å². The summed E-state index contributed by atoms with van der Waals surface area (Å²) in [6.45, 7) is -0.729. The second-order valence-electron chi connectivity index (χ2n) is 4.87. The van der Waals surface area contributed by atoms with Gasteiger partial charge in [0.1, 0.15) is 36.4 Å². The third-order valence-electron chi connectivity index (χ3n) is 3.65. The number of rotatable bonds is 2. The summed E-state index contributed by atoms with van der Waals surface area (Å²) < 4.78 is 6.90. The molecule has 2 aromatic rings. The van der Waals surface area contributed by atoms with Crippen molar-refractivity contribution in [1.82, 2.24) is 14.4 Å². The fourth-order valence-electron chi connectivity index (χ4n) is 2.45. The highest BCUT2D eigenvalue weighted by molar-refractivity contribution is 5.48. The maximum Gasteiger partial charge on any atom is 0.207 e. The van der Waals surface area contributed by atoms with Gasteiger partial charge in [0.25, 0.3) is 0 Å². The SMILES string of the molecule is N#C[C@]1(CO)O[C@@H](c2cc3ncnc(N)n3c2)[C@H](O)[C@@H]1O. The molecule has 2 aromatic heterocycles. The van der Waals surface area contributed by atoms with E-state index < -0.39 is 30.5 Å². The number of aliphatic hydroxyl groups is 3. The Kier molecular flexibility index (Phi) is 3.03. The normalized spacial score (nSPS) is 32.4. The van der Waals surface area contributed by atoms with Crippen LogP contribution >= 0.6 is 0 Å². The van der Waals surface area contributed by atoms with Crippen LogP contribution in [-0.4, -0.2) is 54.1 Å². The van der Waals surface area contributed by atoms with E-state index in [1.807, 2.05) is 0 Å². The Hall–Kier alpha value is -2.25. The lowest BCUT2D eigenvalue weighted by Gasteiger charge is -2.21. The first-order chi connectivity index (χ1) is 10.0. The van der Waals surface area contributed by atoms with Gasteiger partial charge in [-0.1, -0.05) is 0 Å². The van der Waals surface area contributed by atoms with Crippen LogP contribution in [-0.2, 0) is 4.74 Å². The van der Waals surface area contributed by atoms with Crippen LogP contribution in [0.1, 0.15) is 11.7 Å². The summed E-state index contributed by atoms with van der Waals surface area (Å²) in [5, 5.41) is 38.4. The molecule has 1 fully saturated rings. The van der Waals surface area contributed by atoms with Gasteiger partial charge < -0.3 is 25.8 Å². The molecule has 0 unspecified atom stereocenters. The lowest BCUT2D eigenvalue weighted by molar-refractivity contribution is -0.0735. The summed E-state index contributed by atoms with van der Waals surface area (Å²) in [6, 6.07) is 3.31. The van der Waals surface area contributed by atoms with Gasteiger partial charge in [-0.2, -0.15) is 5.26 Å². The number of fused-ring (bicyclic) bond motifs is 1. The maximum absolute atomic E-state index is 10.1. The van der Waals surface area contributed by atoms with Crippen LogP contribution in [0.2, 0.25) is 0 Å². The first kappa shape index (κ1) is 13.7. The highest BCUT2D eigenvalue weighted by atomic mass is 16.6. The van der Waals surface area contributed by atoms with Crippen molar-refractivity contribution < 1.29 is 20.1 Å². The van der Waals surface area contributed by atoms with Crippen molar-refractivity contribution in [2.24, 2.45) is 0 Å². The predicted molar refractivity (Wildman–Crippen MR) is 68.7 cm³/mol. The van der Waals surface area contributed by atoms with Gasteiger partial charge in [0.15, 0.2) is 0 Å². The monoisotopic (exact) mass is 291 g/mol. The lowest BCUT2D eigenvalue weighted by Crippen LogP contribution is -2.44. The number of hydrogen-bond donors (Lipinski definition) is 4. The third-order valence-corrected chi connectivity index (χ3v) is 3.65. The van der Waals surface area contributed by atoms with E-state index in [1.54, 1.807) is 18.3 Å². The number of ether oxygens (including phenoxy) is 1. The van der Waals surface area contributed by atoms with E-state index in [0.29, 0.717) is 11.2 Å². The van der Waals surface area contributed by atoms with Crippen molar-refractivity contribution in [2.45, 2.75) is 23.9 Å². The first-order valence-electron chi connectivity index (χ1n) is 6.17. The van der Waals surface area contributed by atoms with E-state index in [2.05, 4.69) is 9.97 Å². The quantitative estimate of drug-likeness (QED) is 0.514. The topological polar surface area (TPSA) is 150 Å². The van der Waals surface area contributed by atoms with E-state index in [1.165, 1.54) is 10.7 Å². The molecule has 3 heterocycles. The molecule has 0 amide bonds. The van der Waals surface area contributed by atoms with Gasteiger partial charge in [-0.3, -0.25) is 4.40 Å². The highest BCUT2D eigenvalue weighted by Gasteiger charge is 2.55. The number of nitriles is 1. The number of anilines is 1. The van der Waals surface area contributed by atoms with Crippen LogP contribution < -0.4 is 5.73 Å². The minimum Gasteiger partial charge on any atom is -0.392 e. The molecular weight excluding hydrogens is 278 g/mol. The second kappa shape index (κ2) is 4.64. The Morgan fingerprint density at radius 2 is 2.24 bits per heavy atom. The Morgan fingerprint density at radius 1 is 1.48 bits per heavy atom. The van der Waals surface area contributed by atoms with Crippen LogP contribution in [0.3, 0.4) is 0 Å². The number of nitrogens with zero attached hydrogens (tertiary/aromatic N) is 4. The fourth-order valence-corrected chi connectivity index (χ4v) is 2.45. The van der Waals surface area contributed by atoms with Crippen LogP contribution in [0, 0.1) is 11.3 Å². The molecule has 0 aromatic carbocycles. The van der Waals surface area contributed by atoms with Gasteiger partial charge in [-0.05, 0) is 6.07 Å². The number of nitrogen functional groups attached to an aromatic ring is 1. The lowest BCUT2D eigenvalue weighted by atomic mass is 9.96. The zero-order valence-corrected chi connectivity index (χ0v) is 10.8. The minimum absolute atomic E-state index is 0.202. The first-order valence-corrected chi connectivity index (χ1v) is 6.17. The Bertz CT molecular complexity index is 726. The summed E-state index contributed by atoms with van der Waals surface area (Å²) in [5.41, 5.74) is 4.81. The van der Waals surface area contributed by atoms with Crippen molar-refractivity contribution in [3.8, 4) is 6.07 Å². The maximum atomic E-state index is 10.1. The Labute approximate surface area is 118 Å². The third kappa shape index (κ3) is 1.85. The van der Waals surface area contributed by atoms with Gasteiger partial charge >= 0.3 is 0 Å². The molecule has 4 atom stereocenters. The van der Waals surface area contributed by atoms with Crippen LogP contribution in [0.5, 0.6) is 0 Å². The predicted octanol–water partition coefficient (Wildman–Crippen LogP) is -1.64. The van der Waals surface area contributed by atoms with Gasteiger partial charge in [0, 0.05) is 11.8 Å². The zero-order valence-electron chi connectivity index (χ0n) is 10.8. The summed E-state index contributed by atoms with van der Waals surface area (Å²) in [6.07, 6.45) is -1.02. The molecule has 1 aliphatic heterocycles. The van der Waals surface area contributed by atoms with Crippen molar-refractivity contribution in [3.05, 3.63) is 24.2 Å². The molecule has 9 heteroatoms. The van der Waals surface area contributed by atoms with Gasteiger partial charge in [-0.15, -0.1) is 0 Å². The number of aromatic nitrogens is 3. The molecule has 3 rings (SSSR count). The van der Waals surface area contributed by atoms with Gasteiger partial charge in [0.2, 0.25) is 11.5 Å². The van der Waals surface area contributed by atoms with Crippen molar-refractivity contribution in [2.75, 3.05) is 12.3 Å². The standard InChI is InChI=1S/C12H13N5O4/c13-3-12(4-18)10(20)8(19)9(21-12)6-1-7-15-5-16-11(14)17(7)2-6/h1-2,5,8-10,18-20H,4H2,(H2,14,15,16)/t8-,9-,10-,12+/m0/s1. The average molecular weight is 291 g/mol. The fraction of sp³-hybridized carbons (Fsp3) is 0.417. The van der Waals surface area contributed by atoms with E-state index in [0.717, 1.165) is 0 Å². The zero-order chi connectivity index (χ0) is 15.2. The molecule has 1 aliphatic rings. The summed E-state index contributed by atoms with van der Waals surface area (Å²) in [5.74, 6) is 0.202. The van der Waals surface area contributed by atoms with E-state index in [-0.39, 0.29) is 5.95 Å². The van der Waals surface area contributed by atoms with Gasteiger partial charge in [0.05, 0.1) is 6.61 Å². The number of aliphatic hydroxyl groups excluding tert-OH is 3. The molecule has 0 radical (unpaired) electrons. The van der Waals surface area contributed by atoms with Crippen molar-refractivity contribution in [3.63, 3.8) is 0 Å². The molecule has 1 saturated heterocycles. The second-order valence-corrected chi connectivity index (χ2v) is 4.87. The molecule has 0 spiro atoms. The van der Waals surface area contributed by atoms with Crippen LogP contribution in [0.15, 0.2) is 18.6 Å². The molecule has 0 bridgehead atoms. The molecular formula is C12H13N5O4.